The van der Waals surface area contributed by atoms with Gasteiger partial charge in [-0.25, -0.2) is 0 Å². The summed E-state index contributed by atoms with van der Waals surface area (Å²) in [6, 6.07) is 4.30. The maximum atomic E-state index is 12.3. The molecule has 3 fully saturated rings. The first-order valence-corrected chi connectivity index (χ1v) is 10.5. The summed E-state index contributed by atoms with van der Waals surface area (Å²) in [7, 11) is 0. The van der Waals surface area contributed by atoms with E-state index in [1.54, 1.807) is 0 Å². The number of ketones is 1. The minimum Gasteiger partial charge on any atom is -0.300 e. The molecule has 1 aromatic heterocycles. The van der Waals surface area contributed by atoms with Crippen LogP contribution in [0.5, 0.6) is 0 Å². The largest absolute Gasteiger partial charge is 0.300 e. The van der Waals surface area contributed by atoms with Crippen molar-refractivity contribution < 1.29 is 4.79 Å². The fraction of sp³-hybridized carbons (Fsp3) is 0.667. The van der Waals surface area contributed by atoms with Gasteiger partial charge in [0.2, 0.25) is 0 Å². The van der Waals surface area contributed by atoms with E-state index in [0.717, 1.165) is 12.8 Å². The van der Waals surface area contributed by atoms with Crippen molar-refractivity contribution >= 4 is 11.4 Å². The van der Waals surface area contributed by atoms with Gasteiger partial charge < -0.3 is 0 Å². The van der Waals surface area contributed by atoms with E-state index in [1.807, 2.05) is 12.4 Å². The lowest BCUT2D eigenvalue weighted by Crippen LogP contribution is -2.55. The van der Waals surface area contributed by atoms with E-state index in [2.05, 4.69) is 44.0 Å². The molecule has 26 heavy (non-hydrogen) atoms. The van der Waals surface area contributed by atoms with Crippen molar-refractivity contribution in [1.82, 2.24) is 4.98 Å². The number of rotatable bonds is 1. The number of fused-ring (bicyclic) bond motifs is 5. The number of allylic oxidation sites excluding steroid dienone is 2. The standard InChI is InChI=1S/C24H31NO/c1-22-11-9-21-23(2,10-8-17-13-18(26)14-24(17,21)3)20(22)7-6-19(22)16-5-4-12-25-15-16/h4-6,12,15,17,20-21H,7-11,13-14H2,1-3H3/t17?,20-,21?,22-,23+,24+/m1/s1. The van der Waals surface area contributed by atoms with E-state index in [1.165, 1.54) is 43.2 Å². The number of hydrogen-bond acceptors (Lipinski definition) is 2. The molecular formula is C24H31NO. The smallest absolute Gasteiger partial charge is 0.133 e. The quantitative estimate of drug-likeness (QED) is 0.652. The molecule has 2 unspecified atom stereocenters. The fourth-order valence-electron chi connectivity index (χ4n) is 8.11. The van der Waals surface area contributed by atoms with Gasteiger partial charge in [-0.3, -0.25) is 9.78 Å². The zero-order chi connectivity index (χ0) is 18.2. The third kappa shape index (κ3) is 1.99. The average molecular weight is 350 g/mol. The van der Waals surface area contributed by atoms with E-state index >= 15 is 0 Å². The van der Waals surface area contributed by atoms with Gasteiger partial charge in [0.15, 0.2) is 0 Å². The lowest BCUT2D eigenvalue weighted by molar-refractivity contribution is -0.131. The average Bonchev–Trinajstić information content (AvgIpc) is 3.11. The van der Waals surface area contributed by atoms with Crippen LogP contribution in [0.2, 0.25) is 0 Å². The molecule has 4 aliphatic rings. The molecule has 0 spiro atoms. The minimum atomic E-state index is 0.252. The maximum Gasteiger partial charge on any atom is 0.133 e. The minimum absolute atomic E-state index is 0.252. The van der Waals surface area contributed by atoms with Crippen LogP contribution in [0.4, 0.5) is 0 Å². The molecule has 0 radical (unpaired) electrons. The van der Waals surface area contributed by atoms with Gasteiger partial charge in [0, 0.05) is 25.2 Å². The Labute approximate surface area is 157 Å². The van der Waals surface area contributed by atoms with E-state index in [0.29, 0.717) is 29.0 Å². The van der Waals surface area contributed by atoms with Gasteiger partial charge in [0.25, 0.3) is 0 Å². The lowest BCUT2D eigenvalue weighted by Gasteiger charge is -2.63. The molecular weight excluding hydrogens is 318 g/mol. The summed E-state index contributed by atoms with van der Waals surface area (Å²) in [6.45, 7) is 7.54. The van der Waals surface area contributed by atoms with Gasteiger partial charge >= 0.3 is 0 Å². The highest BCUT2D eigenvalue weighted by molar-refractivity contribution is 5.82. The van der Waals surface area contributed by atoms with E-state index in [4.69, 9.17) is 0 Å². The molecule has 5 rings (SSSR count). The van der Waals surface area contributed by atoms with Crippen LogP contribution in [0, 0.1) is 34.0 Å². The highest BCUT2D eigenvalue weighted by atomic mass is 16.1. The first-order valence-electron chi connectivity index (χ1n) is 10.5. The van der Waals surface area contributed by atoms with Crippen LogP contribution < -0.4 is 0 Å². The van der Waals surface area contributed by atoms with Crippen LogP contribution in [-0.4, -0.2) is 10.8 Å². The molecule has 0 bridgehead atoms. The van der Waals surface area contributed by atoms with Gasteiger partial charge in [-0.2, -0.15) is 0 Å². The second-order valence-corrected chi connectivity index (χ2v) is 10.3. The molecule has 0 amide bonds. The zero-order valence-corrected chi connectivity index (χ0v) is 16.4. The maximum absolute atomic E-state index is 12.3. The van der Waals surface area contributed by atoms with Crippen LogP contribution in [0.1, 0.15) is 71.3 Å². The number of nitrogens with zero attached hydrogens (tertiary/aromatic N) is 1. The summed E-state index contributed by atoms with van der Waals surface area (Å²) >= 11 is 0. The summed E-state index contributed by atoms with van der Waals surface area (Å²) in [6.07, 6.45) is 14.4. The normalized spacial score (nSPS) is 47.1. The third-order valence-electron chi connectivity index (χ3n) is 9.27. The molecule has 2 heteroatoms. The van der Waals surface area contributed by atoms with E-state index in [-0.39, 0.29) is 10.8 Å². The molecule has 0 N–H and O–H groups in total. The summed E-state index contributed by atoms with van der Waals surface area (Å²) in [5.41, 5.74) is 3.73. The molecule has 1 aromatic rings. The Bertz CT molecular complexity index is 783. The Balaban J connectivity index is 1.53. The number of carbonyl (C=O) groups is 1. The number of aromatic nitrogens is 1. The Morgan fingerprint density at radius 2 is 1.92 bits per heavy atom. The first kappa shape index (κ1) is 16.7. The SMILES string of the molecule is C[C@]12CC(=O)CC1CC[C@]1(C)C2CC[C@]2(C)C(c3cccnc3)=CC[C@H]21. The van der Waals surface area contributed by atoms with Crippen molar-refractivity contribution in [2.75, 3.05) is 0 Å². The second kappa shape index (κ2) is 5.30. The van der Waals surface area contributed by atoms with Gasteiger partial charge in [-0.05, 0) is 83.3 Å². The van der Waals surface area contributed by atoms with Crippen LogP contribution in [0.25, 0.3) is 5.57 Å². The van der Waals surface area contributed by atoms with Gasteiger partial charge in [0.1, 0.15) is 5.78 Å². The lowest BCUT2D eigenvalue weighted by atomic mass is 9.41. The van der Waals surface area contributed by atoms with Crippen molar-refractivity contribution in [3.05, 3.63) is 36.2 Å². The molecule has 4 aliphatic carbocycles. The highest BCUT2D eigenvalue weighted by Crippen LogP contribution is 2.72. The molecule has 138 valence electrons. The number of hydrogen-bond donors (Lipinski definition) is 0. The summed E-state index contributed by atoms with van der Waals surface area (Å²) < 4.78 is 0. The molecule has 3 saturated carbocycles. The topological polar surface area (TPSA) is 30.0 Å². The first-order chi connectivity index (χ1) is 12.4. The summed E-state index contributed by atoms with van der Waals surface area (Å²) in [5, 5.41) is 0. The van der Waals surface area contributed by atoms with Crippen LogP contribution in [0.15, 0.2) is 30.6 Å². The fourth-order valence-corrected chi connectivity index (χ4v) is 8.11. The van der Waals surface area contributed by atoms with Crippen LogP contribution in [0.3, 0.4) is 0 Å². The number of carbonyl (C=O) groups excluding carboxylic acids is 1. The monoisotopic (exact) mass is 349 g/mol. The third-order valence-corrected chi connectivity index (χ3v) is 9.27. The summed E-state index contributed by atoms with van der Waals surface area (Å²) in [4.78, 5) is 16.7. The number of pyridine rings is 1. The Morgan fingerprint density at radius 3 is 2.69 bits per heavy atom. The molecule has 6 atom stereocenters. The van der Waals surface area contributed by atoms with E-state index < -0.39 is 0 Å². The van der Waals surface area contributed by atoms with Gasteiger partial charge in [-0.15, -0.1) is 0 Å². The van der Waals surface area contributed by atoms with Crippen molar-refractivity contribution in [2.45, 2.75) is 65.7 Å². The Kier molecular flexibility index (Phi) is 3.41. The van der Waals surface area contributed by atoms with Crippen molar-refractivity contribution in [3.8, 4) is 0 Å². The van der Waals surface area contributed by atoms with Crippen molar-refractivity contribution in [2.24, 2.45) is 34.0 Å². The van der Waals surface area contributed by atoms with Gasteiger partial charge in [0.05, 0.1) is 0 Å². The highest BCUT2D eigenvalue weighted by Gasteiger charge is 2.64. The zero-order valence-electron chi connectivity index (χ0n) is 16.4. The molecule has 0 aliphatic heterocycles. The Hall–Kier alpha value is -1.44. The predicted octanol–water partition coefficient (Wildman–Crippen LogP) is 5.69. The molecule has 1 heterocycles. The van der Waals surface area contributed by atoms with Gasteiger partial charge in [-0.1, -0.05) is 32.9 Å². The molecule has 0 aromatic carbocycles. The number of Topliss-reactive ketones (excluding diaryl/α,β-unsaturated/α-hetero) is 1. The van der Waals surface area contributed by atoms with E-state index in [9.17, 15) is 4.79 Å². The molecule has 2 nitrogen and oxygen atoms in total. The molecule has 0 saturated heterocycles. The summed E-state index contributed by atoms with van der Waals surface area (Å²) in [5.74, 6) is 2.58. The predicted molar refractivity (Wildman–Crippen MR) is 104 cm³/mol. The van der Waals surface area contributed by atoms with Crippen LogP contribution in [-0.2, 0) is 4.79 Å². The van der Waals surface area contributed by atoms with Crippen LogP contribution >= 0.6 is 0 Å². The van der Waals surface area contributed by atoms with Crippen molar-refractivity contribution in [3.63, 3.8) is 0 Å². The Morgan fingerprint density at radius 1 is 1.08 bits per heavy atom. The second-order valence-electron chi connectivity index (χ2n) is 10.3. The van der Waals surface area contributed by atoms with Crippen molar-refractivity contribution in [1.29, 1.82) is 0 Å².